The summed E-state index contributed by atoms with van der Waals surface area (Å²) < 4.78 is 2.36. The van der Waals surface area contributed by atoms with Crippen LogP contribution in [0.1, 0.15) is 6.42 Å². The molecule has 0 radical (unpaired) electrons. The Kier molecular flexibility index (Phi) is 3.40. The van der Waals surface area contributed by atoms with Crippen molar-refractivity contribution in [2.45, 2.75) is 13.0 Å². The van der Waals surface area contributed by atoms with E-state index in [0.717, 1.165) is 0 Å². The average Bonchev–Trinajstić information content (AvgIpc) is 2.24. The quantitative estimate of drug-likeness (QED) is 0.260. The molecule has 1 aromatic rings. The standard InChI is InChI=1S/C8H12N4O3/c1-11-4-5-12(8(15)7(11)14)3-2-6(13)10-9/h4-5H,2-3,9H2,1H3,(H,10,13). The van der Waals surface area contributed by atoms with Crippen LogP contribution in [0.5, 0.6) is 0 Å². The fourth-order valence-corrected chi connectivity index (χ4v) is 1.06. The van der Waals surface area contributed by atoms with E-state index >= 15 is 0 Å². The lowest BCUT2D eigenvalue weighted by molar-refractivity contribution is -0.121. The molecule has 3 N–H and O–H groups in total. The minimum atomic E-state index is -0.648. The third-order valence-electron chi connectivity index (χ3n) is 1.98. The average molecular weight is 212 g/mol. The number of aryl methyl sites for hydroxylation is 2. The molecule has 15 heavy (non-hydrogen) atoms. The Morgan fingerprint density at radius 2 is 2.07 bits per heavy atom. The van der Waals surface area contributed by atoms with Gasteiger partial charge in [0.25, 0.3) is 0 Å². The minimum absolute atomic E-state index is 0.0591. The molecule has 0 bridgehead atoms. The van der Waals surface area contributed by atoms with E-state index in [1.54, 1.807) is 0 Å². The van der Waals surface area contributed by atoms with Crippen molar-refractivity contribution in [1.82, 2.24) is 14.6 Å². The lowest BCUT2D eigenvalue weighted by Gasteiger charge is -2.04. The number of aromatic nitrogens is 2. The zero-order chi connectivity index (χ0) is 11.4. The number of carbonyl (C=O) groups excluding carboxylic acids is 1. The first-order valence-corrected chi connectivity index (χ1v) is 4.31. The van der Waals surface area contributed by atoms with Crippen molar-refractivity contribution in [2.75, 3.05) is 0 Å². The Balaban J connectivity index is 2.89. The lowest BCUT2D eigenvalue weighted by Crippen LogP contribution is -2.40. The molecular weight excluding hydrogens is 200 g/mol. The first-order valence-electron chi connectivity index (χ1n) is 4.31. The molecule has 82 valence electrons. The van der Waals surface area contributed by atoms with Crippen molar-refractivity contribution < 1.29 is 4.79 Å². The van der Waals surface area contributed by atoms with Crippen LogP contribution in [-0.2, 0) is 18.4 Å². The maximum absolute atomic E-state index is 11.4. The Morgan fingerprint density at radius 3 is 2.67 bits per heavy atom. The number of nitrogens with one attached hydrogen (secondary N) is 1. The van der Waals surface area contributed by atoms with Crippen molar-refractivity contribution in [3.05, 3.63) is 33.1 Å². The van der Waals surface area contributed by atoms with Crippen molar-refractivity contribution in [3.8, 4) is 0 Å². The molecule has 1 aromatic heterocycles. The molecular formula is C8H12N4O3. The molecule has 0 saturated heterocycles. The van der Waals surface area contributed by atoms with Crippen LogP contribution in [0.2, 0.25) is 0 Å². The van der Waals surface area contributed by atoms with Crippen LogP contribution in [0.3, 0.4) is 0 Å². The summed E-state index contributed by atoms with van der Waals surface area (Å²) in [6.07, 6.45) is 2.97. The molecule has 1 rings (SSSR count). The number of nitrogens with zero attached hydrogens (tertiary/aromatic N) is 2. The molecule has 7 nitrogen and oxygen atoms in total. The number of hydrogen-bond donors (Lipinski definition) is 2. The summed E-state index contributed by atoms with van der Waals surface area (Å²) in [6.45, 7) is 0.137. The number of nitrogens with two attached hydrogens (primary N) is 1. The SMILES string of the molecule is Cn1ccn(CCC(=O)NN)c(=O)c1=O. The van der Waals surface area contributed by atoms with E-state index < -0.39 is 11.1 Å². The molecule has 0 aliphatic heterocycles. The van der Waals surface area contributed by atoms with E-state index in [1.165, 1.54) is 28.6 Å². The maximum atomic E-state index is 11.4. The first-order chi connectivity index (χ1) is 7.06. The number of hydrogen-bond acceptors (Lipinski definition) is 4. The van der Waals surface area contributed by atoms with Crippen LogP contribution in [-0.4, -0.2) is 15.0 Å². The summed E-state index contributed by atoms with van der Waals surface area (Å²) in [5.41, 5.74) is 0.675. The van der Waals surface area contributed by atoms with Crippen molar-refractivity contribution >= 4 is 5.91 Å². The van der Waals surface area contributed by atoms with E-state index in [9.17, 15) is 14.4 Å². The van der Waals surface area contributed by atoms with Gasteiger partial charge in [0, 0.05) is 32.4 Å². The van der Waals surface area contributed by atoms with Crippen molar-refractivity contribution in [2.24, 2.45) is 12.9 Å². The largest absolute Gasteiger partial charge is 0.316 e. The fraction of sp³-hybridized carbons (Fsp3) is 0.375. The van der Waals surface area contributed by atoms with Gasteiger partial charge in [0.15, 0.2) is 0 Å². The highest BCUT2D eigenvalue weighted by Gasteiger charge is 2.04. The molecule has 0 aromatic carbocycles. The Morgan fingerprint density at radius 1 is 1.40 bits per heavy atom. The van der Waals surface area contributed by atoms with Gasteiger partial charge >= 0.3 is 11.1 Å². The van der Waals surface area contributed by atoms with Crippen LogP contribution >= 0.6 is 0 Å². The van der Waals surface area contributed by atoms with Gasteiger partial charge in [-0.15, -0.1) is 0 Å². The summed E-state index contributed by atoms with van der Waals surface area (Å²) in [4.78, 5) is 33.4. The molecule has 1 heterocycles. The third-order valence-corrected chi connectivity index (χ3v) is 1.98. The van der Waals surface area contributed by atoms with E-state index in [0.29, 0.717) is 0 Å². The third kappa shape index (κ3) is 2.53. The summed E-state index contributed by atoms with van der Waals surface area (Å²) >= 11 is 0. The highest BCUT2D eigenvalue weighted by Crippen LogP contribution is 1.84. The first kappa shape index (κ1) is 11.2. The Bertz CT molecular complexity index is 474. The van der Waals surface area contributed by atoms with Gasteiger partial charge in [-0.25, -0.2) is 5.84 Å². The molecule has 0 spiro atoms. The number of rotatable bonds is 3. The topological polar surface area (TPSA) is 99.1 Å². The Labute approximate surface area is 85.1 Å². The predicted molar refractivity (Wildman–Crippen MR) is 52.9 cm³/mol. The van der Waals surface area contributed by atoms with Crippen LogP contribution in [0.4, 0.5) is 0 Å². The molecule has 0 aliphatic rings. The van der Waals surface area contributed by atoms with E-state index in [1.807, 2.05) is 5.43 Å². The minimum Gasteiger partial charge on any atom is -0.312 e. The second-order valence-corrected chi connectivity index (χ2v) is 3.03. The normalized spacial score (nSPS) is 10.0. The molecule has 0 aliphatic carbocycles. The summed E-state index contributed by atoms with van der Waals surface area (Å²) in [6, 6.07) is 0. The zero-order valence-corrected chi connectivity index (χ0v) is 8.27. The van der Waals surface area contributed by atoms with E-state index in [4.69, 9.17) is 5.84 Å². The second-order valence-electron chi connectivity index (χ2n) is 3.03. The number of carbonyl (C=O) groups is 1. The predicted octanol–water partition coefficient (Wildman–Crippen LogP) is -2.07. The number of amides is 1. The molecule has 0 fully saturated rings. The smallest absolute Gasteiger partial charge is 0.312 e. The molecule has 0 atom stereocenters. The van der Waals surface area contributed by atoms with Gasteiger partial charge in [-0.05, 0) is 0 Å². The van der Waals surface area contributed by atoms with Gasteiger partial charge in [-0.1, -0.05) is 0 Å². The van der Waals surface area contributed by atoms with Crippen LogP contribution in [0.15, 0.2) is 22.0 Å². The van der Waals surface area contributed by atoms with Gasteiger partial charge in [0.2, 0.25) is 5.91 Å². The van der Waals surface area contributed by atoms with Crippen molar-refractivity contribution in [3.63, 3.8) is 0 Å². The zero-order valence-electron chi connectivity index (χ0n) is 8.27. The highest BCUT2D eigenvalue weighted by molar-refractivity contribution is 5.74. The Hall–Kier alpha value is -1.89. The monoisotopic (exact) mass is 212 g/mol. The van der Waals surface area contributed by atoms with Gasteiger partial charge in [0.05, 0.1) is 0 Å². The fourth-order valence-electron chi connectivity index (χ4n) is 1.06. The van der Waals surface area contributed by atoms with Gasteiger partial charge < -0.3 is 9.13 Å². The summed E-state index contributed by atoms with van der Waals surface area (Å²) in [5, 5.41) is 0. The number of hydrazine groups is 1. The molecule has 1 amide bonds. The lowest BCUT2D eigenvalue weighted by atomic mass is 10.4. The highest BCUT2D eigenvalue weighted by atomic mass is 16.2. The summed E-state index contributed by atoms with van der Waals surface area (Å²) in [7, 11) is 1.49. The second kappa shape index (κ2) is 4.56. The van der Waals surface area contributed by atoms with Gasteiger partial charge in [0.1, 0.15) is 0 Å². The van der Waals surface area contributed by atoms with Crippen LogP contribution in [0, 0.1) is 0 Å². The van der Waals surface area contributed by atoms with E-state index in [2.05, 4.69) is 0 Å². The van der Waals surface area contributed by atoms with Crippen molar-refractivity contribution in [1.29, 1.82) is 0 Å². The summed E-state index contributed by atoms with van der Waals surface area (Å²) in [5.74, 6) is 4.49. The van der Waals surface area contributed by atoms with Gasteiger partial charge in [-0.2, -0.15) is 0 Å². The van der Waals surface area contributed by atoms with Crippen LogP contribution in [0.25, 0.3) is 0 Å². The van der Waals surface area contributed by atoms with E-state index in [-0.39, 0.29) is 18.9 Å². The molecule has 0 unspecified atom stereocenters. The van der Waals surface area contributed by atoms with Gasteiger partial charge in [-0.3, -0.25) is 19.8 Å². The molecule has 0 saturated carbocycles. The van der Waals surface area contributed by atoms with Crippen LogP contribution < -0.4 is 22.4 Å². The molecule has 7 heteroatoms. The maximum Gasteiger partial charge on any atom is 0.316 e.